The Labute approximate surface area is 126 Å². The molecule has 122 valence electrons. The summed E-state index contributed by atoms with van der Waals surface area (Å²) < 4.78 is 36.7. The van der Waals surface area contributed by atoms with E-state index < -0.39 is 30.5 Å². The number of alkyl halides is 3. The molecule has 0 saturated heterocycles. The van der Waals surface area contributed by atoms with Gasteiger partial charge in [0, 0.05) is 6.42 Å². The smallest absolute Gasteiger partial charge is 0.391 e. The summed E-state index contributed by atoms with van der Waals surface area (Å²) in [5, 5.41) is 10.6. The molecule has 0 aliphatic rings. The first kappa shape index (κ1) is 18.0. The van der Waals surface area contributed by atoms with Crippen LogP contribution >= 0.6 is 0 Å². The molecule has 22 heavy (non-hydrogen) atoms. The summed E-state index contributed by atoms with van der Waals surface area (Å²) >= 11 is 0. The number of amides is 1. The Hall–Kier alpha value is -2.05. The lowest BCUT2D eigenvalue weighted by Gasteiger charge is -2.16. The minimum Gasteiger partial charge on any atom is -0.480 e. The highest BCUT2D eigenvalue weighted by Gasteiger charge is 2.36. The van der Waals surface area contributed by atoms with E-state index in [9.17, 15) is 22.8 Å². The van der Waals surface area contributed by atoms with Crippen LogP contribution in [-0.2, 0) is 22.4 Å². The molecule has 0 heterocycles. The molecule has 1 atom stereocenters. The lowest BCUT2D eigenvalue weighted by atomic mass is 10.1. The van der Waals surface area contributed by atoms with Crippen molar-refractivity contribution in [3.63, 3.8) is 0 Å². The number of rotatable bonds is 7. The maximum atomic E-state index is 12.2. The Kier molecular flexibility index (Phi) is 6.39. The van der Waals surface area contributed by atoms with Crippen LogP contribution < -0.4 is 5.32 Å². The summed E-state index contributed by atoms with van der Waals surface area (Å²) in [4.78, 5) is 22.3. The van der Waals surface area contributed by atoms with Crippen LogP contribution in [0, 0.1) is 0 Å². The number of halogens is 3. The third-order valence-corrected chi connectivity index (χ3v) is 3.14. The van der Waals surface area contributed by atoms with Crippen molar-refractivity contribution < 1.29 is 27.9 Å². The fourth-order valence-corrected chi connectivity index (χ4v) is 1.90. The molecule has 1 amide bonds. The van der Waals surface area contributed by atoms with Crippen molar-refractivity contribution >= 4 is 11.9 Å². The van der Waals surface area contributed by atoms with E-state index in [0.29, 0.717) is 6.42 Å². The Morgan fingerprint density at radius 3 is 2.18 bits per heavy atom. The van der Waals surface area contributed by atoms with Crippen molar-refractivity contribution in [1.29, 1.82) is 0 Å². The maximum Gasteiger partial charge on any atom is 0.391 e. The van der Waals surface area contributed by atoms with Crippen LogP contribution in [0.3, 0.4) is 0 Å². The van der Waals surface area contributed by atoms with Gasteiger partial charge in [-0.15, -0.1) is 0 Å². The number of carbonyl (C=O) groups excluding carboxylic acids is 1. The lowest BCUT2D eigenvalue weighted by molar-refractivity contribution is -0.160. The zero-order valence-electron chi connectivity index (χ0n) is 12.1. The average molecular weight is 317 g/mol. The molecule has 0 saturated carbocycles. The van der Waals surface area contributed by atoms with Crippen molar-refractivity contribution in [3.8, 4) is 0 Å². The second kappa shape index (κ2) is 7.82. The molecule has 1 aromatic carbocycles. The van der Waals surface area contributed by atoms with E-state index in [1.54, 1.807) is 0 Å². The quantitative estimate of drug-likeness (QED) is 0.812. The highest BCUT2D eigenvalue weighted by atomic mass is 19.4. The molecule has 4 nitrogen and oxygen atoms in total. The minimum atomic E-state index is -4.65. The number of hydrogen-bond donors (Lipinski definition) is 2. The number of aryl methyl sites for hydroxylation is 2. The van der Waals surface area contributed by atoms with Crippen LogP contribution in [0.25, 0.3) is 0 Å². The number of carbonyl (C=O) groups is 2. The zero-order chi connectivity index (χ0) is 16.8. The second-order valence-electron chi connectivity index (χ2n) is 4.95. The molecule has 0 aromatic heterocycles. The first-order valence-corrected chi connectivity index (χ1v) is 6.88. The van der Waals surface area contributed by atoms with E-state index in [-0.39, 0.29) is 6.42 Å². The van der Waals surface area contributed by atoms with E-state index in [1.807, 2.05) is 36.5 Å². The van der Waals surface area contributed by atoms with Crippen LogP contribution in [0.4, 0.5) is 13.2 Å². The maximum absolute atomic E-state index is 12.2. The van der Waals surface area contributed by atoms with Gasteiger partial charge in [0.2, 0.25) is 5.91 Å². The van der Waals surface area contributed by atoms with Gasteiger partial charge < -0.3 is 10.4 Å². The molecule has 1 aromatic rings. The molecular formula is C15H18F3NO3. The monoisotopic (exact) mass is 317 g/mol. The van der Waals surface area contributed by atoms with Gasteiger partial charge in [0.15, 0.2) is 0 Å². The van der Waals surface area contributed by atoms with Gasteiger partial charge in [0.05, 0.1) is 6.42 Å². The van der Waals surface area contributed by atoms with E-state index in [0.717, 1.165) is 17.5 Å². The Balaban J connectivity index is 2.51. The molecule has 0 bridgehead atoms. The number of hydrogen-bond acceptors (Lipinski definition) is 2. The predicted octanol–water partition coefficient (Wildman–Crippen LogP) is 2.70. The molecule has 0 aliphatic heterocycles. The largest absolute Gasteiger partial charge is 0.480 e. The number of nitrogens with one attached hydrogen (secondary N) is 1. The van der Waals surface area contributed by atoms with Crippen LogP contribution in [0.1, 0.15) is 30.9 Å². The summed E-state index contributed by atoms with van der Waals surface area (Å²) in [6.45, 7) is 2.01. The SMILES string of the molecule is CCc1ccc(CCC(=O)NC(CC(F)(F)F)C(=O)O)cc1. The number of carboxylic acid groups (broad SMARTS) is 1. The van der Waals surface area contributed by atoms with E-state index >= 15 is 0 Å². The van der Waals surface area contributed by atoms with Gasteiger partial charge in [-0.05, 0) is 24.0 Å². The Morgan fingerprint density at radius 2 is 1.73 bits per heavy atom. The van der Waals surface area contributed by atoms with Crippen molar-refractivity contribution in [2.45, 2.75) is 44.8 Å². The van der Waals surface area contributed by atoms with Crippen molar-refractivity contribution in [1.82, 2.24) is 5.32 Å². The highest BCUT2D eigenvalue weighted by Crippen LogP contribution is 2.21. The first-order valence-electron chi connectivity index (χ1n) is 6.88. The normalized spacial score (nSPS) is 12.7. The van der Waals surface area contributed by atoms with E-state index in [2.05, 4.69) is 0 Å². The lowest BCUT2D eigenvalue weighted by Crippen LogP contribution is -2.43. The molecule has 1 rings (SSSR count). The third kappa shape index (κ3) is 6.60. The average Bonchev–Trinajstić information content (AvgIpc) is 2.43. The second-order valence-corrected chi connectivity index (χ2v) is 4.95. The van der Waals surface area contributed by atoms with E-state index in [4.69, 9.17) is 5.11 Å². The molecule has 1 unspecified atom stereocenters. The van der Waals surface area contributed by atoms with Crippen LogP contribution in [0.5, 0.6) is 0 Å². The Bertz CT molecular complexity index is 512. The van der Waals surface area contributed by atoms with Gasteiger partial charge in [-0.25, -0.2) is 4.79 Å². The molecule has 0 fully saturated rings. The summed E-state index contributed by atoms with van der Waals surface area (Å²) in [6.07, 6.45) is -5.06. The minimum absolute atomic E-state index is 0.0624. The van der Waals surface area contributed by atoms with E-state index in [1.165, 1.54) is 0 Å². The fraction of sp³-hybridized carbons (Fsp3) is 0.467. The standard InChI is InChI=1S/C15H18F3NO3/c1-2-10-3-5-11(6-4-10)7-8-13(20)19-12(14(21)22)9-15(16,17)18/h3-6,12H,2,7-9H2,1H3,(H,19,20)(H,21,22). The highest BCUT2D eigenvalue weighted by molar-refractivity contribution is 5.83. The van der Waals surface area contributed by atoms with Crippen molar-refractivity contribution in [3.05, 3.63) is 35.4 Å². The fourth-order valence-electron chi connectivity index (χ4n) is 1.90. The third-order valence-electron chi connectivity index (χ3n) is 3.14. The van der Waals surface area contributed by atoms with Crippen LogP contribution in [-0.4, -0.2) is 29.2 Å². The molecule has 7 heteroatoms. The summed E-state index contributed by atoms with van der Waals surface area (Å²) in [5.74, 6) is -2.41. The molecule has 2 N–H and O–H groups in total. The topological polar surface area (TPSA) is 66.4 Å². The first-order chi connectivity index (χ1) is 10.2. The van der Waals surface area contributed by atoms with Gasteiger partial charge in [-0.2, -0.15) is 13.2 Å². The predicted molar refractivity (Wildman–Crippen MR) is 74.4 cm³/mol. The number of aliphatic carboxylic acids is 1. The van der Waals surface area contributed by atoms with Crippen molar-refractivity contribution in [2.24, 2.45) is 0 Å². The summed E-state index contributed by atoms with van der Waals surface area (Å²) in [5.41, 5.74) is 2.01. The van der Waals surface area contributed by atoms with Crippen molar-refractivity contribution in [2.75, 3.05) is 0 Å². The summed E-state index contributed by atoms with van der Waals surface area (Å²) in [7, 11) is 0. The van der Waals surface area contributed by atoms with Gasteiger partial charge in [-0.3, -0.25) is 4.79 Å². The Morgan fingerprint density at radius 1 is 1.18 bits per heavy atom. The number of carboxylic acids is 1. The van der Waals surface area contributed by atoms with Gasteiger partial charge in [0.25, 0.3) is 0 Å². The molecule has 0 aliphatic carbocycles. The molecule has 0 spiro atoms. The summed E-state index contributed by atoms with van der Waals surface area (Å²) in [6, 6.07) is 5.57. The van der Waals surface area contributed by atoms with Crippen LogP contribution in [0.15, 0.2) is 24.3 Å². The zero-order valence-corrected chi connectivity index (χ0v) is 12.1. The number of benzene rings is 1. The molecule has 0 radical (unpaired) electrons. The van der Waals surface area contributed by atoms with Gasteiger partial charge >= 0.3 is 12.1 Å². The van der Waals surface area contributed by atoms with Crippen LogP contribution in [0.2, 0.25) is 0 Å². The van der Waals surface area contributed by atoms with Gasteiger partial charge in [0.1, 0.15) is 6.04 Å². The van der Waals surface area contributed by atoms with Gasteiger partial charge in [-0.1, -0.05) is 31.2 Å². The molecular weight excluding hydrogens is 299 g/mol.